The molecule has 0 N–H and O–H groups in total. The number of likely N-dealkylation sites (tertiary alicyclic amines) is 1. The topological polar surface area (TPSA) is 40.6 Å². The van der Waals surface area contributed by atoms with Gasteiger partial charge in [-0.25, -0.2) is 4.39 Å². The van der Waals surface area contributed by atoms with Gasteiger partial charge in [0.1, 0.15) is 5.82 Å². The second-order valence-corrected chi connectivity index (χ2v) is 8.95. The molecule has 2 aromatic rings. The predicted molar refractivity (Wildman–Crippen MR) is 109 cm³/mol. The van der Waals surface area contributed by atoms with Gasteiger partial charge >= 0.3 is 0 Å². The van der Waals surface area contributed by atoms with E-state index < -0.39 is 0 Å². The van der Waals surface area contributed by atoms with E-state index in [2.05, 4.69) is 0 Å². The van der Waals surface area contributed by atoms with Gasteiger partial charge in [-0.1, -0.05) is 17.7 Å². The number of benzene rings is 2. The first-order valence-corrected chi connectivity index (χ1v) is 10.6. The Morgan fingerprint density at radius 1 is 0.964 bits per heavy atom. The molecular formula is C21H20ClFN2O2S. The summed E-state index contributed by atoms with van der Waals surface area (Å²) in [5, 5.41) is 0.543. The zero-order chi connectivity index (χ0) is 19.7. The fourth-order valence-corrected chi connectivity index (χ4v) is 5.57. The van der Waals surface area contributed by atoms with Gasteiger partial charge in [0, 0.05) is 41.5 Å². The molecule has 2 aromatic carbocycles. The molecule has 0 saturated carbocycles. The molecule has 0 aliphatic carbocycles. The van der Waals surface area contributed by atoms with Crippen LogP contribution in [-0.4, -0.2) is 51.9 Å². The SMILES string of the molecule is O=C(c1cccc(Cl)c1)N1CCC2(CC1)SCCN2C(=O)c1ccc(F)cc1. The number of hydrogen-bond acceptors (Lipinski definition) is 3. The summed E-state index contributed by atoms with van der Waals surface area (Å²) in [5.74, 6) is 0.418. The smallest absolute Gasteiger partial charge is 0.254 e. The number of carbonyl (C=O) groups excluding carboxylic acids is 2. The number of rotatable bonds is 2. The third-order valence-corrected chi connectivity index (χ3v) is 7.21. The molecule has 4 nitrogen and oxygen atoms in total. The van der Waals surface area contributed by atoms with Crippen molar-refractivity contribution >= 4 is 35.2 Å². The Labute approximate surface area is 172 Å². The average molecular weight is 419 g/mol. The van der Waals surface area contributed by atoms with Crippen molar-refractivity contribution in [1.29, 1.82) is 0 Å². The van der Waals surface area contributed by atoms with Crippen molar-refractivity contribution in [2.24, 2.45) is 0 Å². The molecular weight excluding hydrogens is 399 g/mol. The van der Waals surface area contributed by atoms with E-state index in [-0.39, 0.29) is 22.5 Å². The van der Waals surface area contributed by atoms with Gasteiger partial charge in [-0.05, 0) is 55.3 Å². The van der Waals surface area contributed by atoms with Crippen LogP contribution in [-0.2, 0) is 0 Å². The van der Waals surface area contributed by atoms with Gasteiger partial charge in [0.25, 0.3) is 11.8 Å². The molecule has 2 fully saturated rings. The van der Waals surface area contributed by atoms with Crippen LogP contribution in [0.4, 0.5) is 4.39 Å². The summed E-state index contributed by atoms with van der Waals surface area (Å²) < 4.78 is 13.2. The van der Waals surface area contributed by atoms with Gasteiger partial charge in [-0.2, -0.15) is 0 Å². The van der Waals surface area contributed by atoms with Crippen molar-refractivity contribution in [3.63, 3.8) is 0 Å². The number of thioether (sulfide) groups is 1. The fraction of sp³-hybridized carbons (Fsp3) is 0.333. The van der Waals surface area contributed by atoms with Gasteiger partial charge in [-0.15, -0.1) is 11.8 Å². The molecule has 146 valence electrons. The van der Waals surface area contributed by atoms with E-state index in [9.17, 15) is 14.0 Å². The van der Waals surface area contributed by atoms with Crippen molar-refractivity contribution in [3.05, 3.63) is 70.5 Å². The highest BCUT2D eigenvalue weighted by Crippen LogP contribution is 2.44. The molecule has 4 rings (SSSR count). The second kappa shape index (κ2) is 7.76. The summed E-state index contributed by atoms with van der Waals surface area (Å²) in [6.07, 6.45) is 1.44. The summed E-state index contributed by atoms with van der Waals surface area (Å²) in [5.41, 5.74) is 1.09. The highest BCUT2D eigenvalue weighted by Gasteiger charge is 2.47. The van der Waals surface area contributed by atoms with Gasteiger partial charge in [-0.3, -0.25) is 9.59 Å². The van der Waals surface area contributed by atoms with E-state index in [4.69, 9.17) is 11.6 Å². The summed E-state index contributed by atoms with van der Waals surface area (Å²) in [4.78, 5) is 29.2. The first kappa shape index (κ1) is 19.3. The van der Waals surface area contributed by atoms with Crippen LogP contribution in [0.3, 0.4) is 0 Å². The number of amides is 2. The Morgan fingerprint density at radius 2 is 1.68 bits per heavy atom. The van der Waals surface area contributed by atoms with Gasteiger partial charge < -0.3 is 9.80 Å². The van der Waals surface area contributed by atoms with E-state index in [0.717, 1.165) is 18.6 Å². The molecule has 0 atom stereocenters. The fourth-order valence-electron chi connectivity index (χ4n) is 3.92. The summed E-state index contributed by atoms with van der Waals surface area (Å²) >= 11 is 7.79. The monoisotopic (exact) mass is 418 g/mol. The standard InChI is InChI=1S/C21H20ClFN2O2S/c22-17-3-1-2-16(14-17)19(26)24-10-8-21(9-11-24)25(12-13-28-21)20(27)15-4-6-18(23)7-5-15/h1-7,14H,8-13H2. The lowest BCUT2D eigenvalue weighted by Crippen LogP contribution is -2.53. The van der Waals surface area contributed by atoms with Crippen LogP contribution in [0, 0.1) is 5.82 Å². The first-order valence-electron chi connectivity index (χ1n) is 9.25. The van der Waals surface area contributed by atoms with E-state index in [1.54, 1.807) is 36.0 Å². The average Bonchev–Trinajstić information content (AvgIpc) is 3.11. The Kier molecular flexibility index (Phi) is 5.34. The minimum Gasteiger partial charge on any atom is -0.338 e. The van der Waals surface area contributed by atoms with Crippen LogP contribution < -0.4 is 0 Å². The molecule has 7 heteroatoms. The summed E-state index contributed by atoms with van der Waals surface area (Å²) in [6, 6.07) is 12.7. The molecule has 2 aliphatic rings. The van der Waals surface area contributed by atoms with E-state index in [1.807, 2.05) is 9.80 Å². The molecule has 0 unspecified atom stereocenters. The van der Waals surface area contributed by atoms with Gasteiger partial charge in [0.2, 0.25) is 0 Å². The Balaban J connectivity index is 1.47. The maximum atomic E-state index is 13.2. The lowest BCUT2D eigenvalue weighted by Gasteiger charge is -2.44. The number of halogens is 2. The van der Waals surface area contributed by atoms with Crippen LogP contribution in [0.25, 0.3) is 0 Å². The molecule has 0 aromatic heterocycles. The first-order chi connectivity index (χ1) is 13.5. The molecule has 2 amide bonds. The van der Waals surface area contributed by atoms with Crippen LogP contribution in [0.1, 0.15) is 33.6 Å². The van der Waals surface area contributed by atoms with Crippen LogP contribution in [0.2, 0.25) is 5.02 Å². The zero-order valence-electron chi connectivity index (χ0n) is 15.2. The minimum atomic E-state index is -0.352. The highest BCUT2D eigenvalue weighted by atomic mass is 35.5. The van der Waals surface area contributed by atoms with Crippen molar-refractivity contribution in [2.45, 2.75) is 17.7 Å². The quantitative estimate of drug-likeness (QED) is 0.730. The van der Waals surface area contributed by atoms with Crippen molar-refractivity contribution in [1.82, 2.24) is 9.80 Å². The summed E-state index contributed by atoms with van der Waals surface area (Å²) in [7, 11) is 0. The number of hydrogen-bond donors (Lipinski definition) is 0. The van der Waals surface area contributed by atoms with E-state index in [0.29, 0.717) is 35.8 Å². The van der Waals surface area contributed by atoms with Gasteiger partial charge in [0.15, 0.2) is 0 Å². The van der Waals surface area contributed by atoms with Gasteiger partial charge in [0.05, 0.1) is 4.87 Å². The largest absolute Gasteiger partial charge is 0.338 e. The normalized spacial score (nSPS) is 18.5. The third-order valence-electron chi connectivity index (χ3n) is 5.42. The lowest BCUT2D eigenvalue weighted by molar-refractivity contribution is 0.0498. The maximum Gasteiger partial charge on any atom is 0.254 e. The van der Waals surface area contributed by atoms with E-state index in [1.165, 1.54) is 24.3 Å². The third kappa shape index (κ3) is 3.63. The molecule has 28 heavy (non-hydrogen) atoms. The Bertz CT molecular complexity index is 898. The number of carbonyl (C=O) groups is 2. The number of piperidine rings is 1. The molecule has 2 heterocycles. The number of nitrogens with zero attached hydrogens (tertiary/aromatic N) is 2. The molecule has 2 aliphatic heterocycles. The maximum absolute atomic E-state index is 13.2. The minimum absolute atomic E-state index is 0.0308. The molecule has 0 radical (unpaired) electrons. The lowest BCUT2D eigenvalue weighted by atomic mass is 10.00. The Morgan fingerprint density at radius 3 is 2.36 bits per heavy atom. The van der Waals surface area contributed by atoms with Crippen LogP contribution in [0.5, 0.6) is 0 Å². The molecule has 2 saturated heterocycles. The zero-order valence-corrected chi connectivity index (χ0v) is 16.8. The predicted octanol–water partition coefficient (Wildman–Crippen LogP) is 4.30. The highest BCUT2D eigenvalue weighted by molar-refractivity contribution is 8.00. The van der Waals surface area contributed by atoms with Crippen LogP contribution in [0.15, 0.2) is 48.5 Å². The van der Waals surface area contributed by atoms with Crippen molar-refractivity contribution in [3.8, 4) is 0 Å². The van der Waals surface area contributed by atoms with Crippen molar-refractivity contribution in [2.75, 3.05) is 25.4 Å². The van der Waals surface area contributed by atoms with Crippen molar-refractivity contribution < 1.29 is 14.0 Å². The second-order valence-electron chi connectivity index (χ2n) is 7.06. The molecule has 0 bridgehead atoms. The molecule has 1 spiro atoms. The van der Waals surface area contributed by atoms with E-state index >= 15 is 0 Å². The van der Waals surface area contributed by atoms with Crippen LogP contribution >= 0.6 is 23.4 Å². The Hall–Kier alpha value is -2.05. The summed E-state index contributed by atoms with van der Waals surface area (Å²) in [6.45, 7) is 1.85.